The molecule has 1 unspecified atom stereocenters. The Labute approximate surface area is 182 Å². The Morgan fingerprint density at radius 3 is 3.00 bits per heavy atom. The van der Waals surface area contributed by atoms with Crippen LogP contribution in [0, 0.1) is 0 Å². The third-order valence-corrected chi connectivity index (χ3v) is 6.63. The van der Waals surface area contributed by atoms with Crippen LogP contribution in [0.3, 0.4) is 0 Å². The van der Waals surface area contributed by atoms with Crippen molar-refractivity contribution in [1.29, 1.82) is 0 Å². The third-order valence-electron chi connectivity index (χ3n) is 5.85. The summed E-state index contributed by atoms with van der Waals surface area (Å²) in [7, 11) is 1.90. The molecule has 0 spiro atoms. The van der Waals surface area contributed by atoms with Gasteiger partial charge in [0.1, 0.15) is 22.7 Å². The molecule has 0 amide bonds. The van der Waals surface area contributed by atoms with E-state index in [1.807, 2.05) is 29.4 Å². The van der Waals surface area contributed by atoms with E-state index in [2.05, 4.69) is 32.1 Å². The number of hydrogen-bond acceptors (Lipinski definition) is 9. The van der Waals surface area contributed by atoms with Gasteiger partial charge in [-0.15, -0.1) is 21.5 Å². The molecule has 0 saturated carbocycles. The number of ether oxygens (including phenoxy) is 1. The summed E-state index contributed by atoms with van der Waals surface area (Å²) in [6, 6.07) is 0.320. The Kier molecular flexibility index (Phi) is 4.32. The van der Waals surface area contributed by atoms with Gasteiger partial charge >= 0.3 is 0 Å². The number of aryl methyl sites for hydroxylation is 1. The molecule has 1 fully saturated rings. The zero-order valence-electron chi connectivity index (χ0n) is 17.2. The summed E-state index contributed by atoms with van der Waals surface area (Å²) in [6.45, 7) is 3.61. The van der Waals surface area contributed by atoms with E-state index < -0.39 is 0 Å². The topological polar surface area (TPSA) is 99.7 Å². The monoisotopic (exact) mass is 435 g/mol. The molecule has 2 aliphatic heterocycles. The van der Waals surface area contributed by atoms with E-state index in [4.69, 9.17) is 14.7 Å². The molecule has 2 atom stereocenters. The van der Waals surface area contributed by atoms with Gasteiger partial charge in [-0.05, 0) is 12.8 Å². The average Bonchev–Trinajstić information content (AvgIpc) is 3.59. The minimum Gasteiger partial charge on any atom is -0.379 e. The van der Waals surface area contributed by atoms with Gasteiger partial charge in [0.2, 0.25) is 0 Å². The largest absolute Gasteiger partial charge is 0.379 e. The van der Waals surface area contributed by atoms with Gasteiger partial charge in [0.25, 0.3) is 0 Å². The highest BCUT2D eigenvalue weighted by atomic mass is 32.1. The second kappa shape index (κ2) is 7.20. The molecule has 0 aromatic carbocycles. The normalized spacial score (nSPS) is 20.1. The molecule has 1 saturated heterocycles. The maximum atomic E-state index is 5.73. The Morgan fingerprint density at radius 1 is 1.29 bits per heavy atom. The van der Waals surface area contributed by atoms with Gasteiger partial charge < -0.3 is 9.64 Å². The van der Waals surface area contributed by atoms with E-state index in [1.165, 1.54) is 0 Å². The molecule has 4 aromatic rings. The molecule has 10 nitrogen and oxygen atoms in total. The molecule has 4 aromatic heterocycles. The van der Waals surface area contributed by atoms with Crippen molar-refractivity contribution in [1.82, 2.24) is 39.5 Å². The second-order valence-corrected chi connectivity index (χ2v) is 8.61. The lowest BCUT2D eigenvalue weighted by Crippen LogP contribution is -2.43. The van der Waals surface area contributed by atoms with Crippen molar-refractivity contribution in [2.24, 2.45) is 7.05 Å². The number of thiazole rings is 1. The molecule has 0 radical (unpaired) electrons. The van der Waals surface area contributed by atoms with Crippen LogP contribution >= 0.6 is 11.3 Å². The number of fused-ring (bicyclic) bond motifs is 3. The molecular weight excluding hydrogens is 414 g/mol. The fourth-order valence-electron chi connectivity index (χ4n) is 4.48. The first-order valence-corrected chi connectivity index (χ1v) is 11.2. The fraction of sp³-hybridized carbons (Fsp3) is 0.400. The van der Waals surface area contributed by atoms with Crippen LogP contribution in [0.25, 0.3) is 27.8 Å². The molecule has 2 aliphatic rings. The van der Waals surface area contributed by atoms with E-state index in [1.54, 1.807) is 28.5 Å². The van der Waals surface area contributed by atoms with Crippen LogP contribution in [0.15, 0.2) is 30.3 Å². The summed E-state index contributed by atoms with van der Waals surface area (Å²) in [5.41, 5.74) is 2.55. The van der Waals surface area contributed by atoms with Crippen molar-refractivity contribution in [3.8, 4) is 27.8 Å². The highest BCUT2D eigenvalue weighted by Crippen LogP contribution is 2.41. The van der Waals surface area contributed by atoms with Gasteiger partial charge in [-0.1, -0.05) is 6.92 Å². The predicted molar refractivity (Wildman–Crippen MR) is 115 cm³/mol. The van der Waals surface area contributed by atoms with Crippen LogP contribution in [0.1, 0.15) is 31.6 Å². The van der Waals surface area contributed by atoms with Crippen LogP contribution in [0.2, 0.25) is 0 Å². The minimum absolute atomic E-state index is 0.0804. The van der Waals surface area contributed by atoms with E-state index in [-0.39, 0.29) is 12.1 Å². The van der Waals surface area contributed by atoms with Crippen molar-refractivity contribution < 1.29 is 4.74 Å². The Morgan fingerprint density at radius 2 is 2.23 bits per heavy atom. The van der Waals surface area contributed by atoms with Gasteiger partial charge in [-0.25, -0.2) is 15.0 Å². The quantitative estimate of drug-likeness (QED) is 0.482. The number of rotatable bonds is 4. The van der Waals surface area contributed by atoms with Crippen molar-refractivity contribution in [2.45, 2.75) is 31.8 Å². The lowest BCUT2D eigenvalue weighted by atomic mass is 10.0. The third kappa shape index (κ3) is 2.87. The van der Waals surface area contributed by atoms with Crippen LogP contribution in [0.4, 0.5) is 5.82 Å². The first-order valence-electron chi connectivity index (χ1n) is 10.3. The van der Waals surface area contributed by atoms with Crippen molar-refractivity contribution >= 4 is 17.2 Å². The lowest BCUT2D eigenvalue weighted by molar-refractivity contribution is 0.191. The second-order valence-electron chi connectivity index (χ2n) is 7.71. The fourth-order valence-corrected chi connectivity index (χ4v) is 5.12. The lowest BCUT2D eigenvalue weighted by Gasteiger charge is -2.40. The summed E-state index contributed by atoms with van der Waals surface area (Å²) < 4.78 is 9.51. The van der Waals surface area contributed by atoms with Gasteiger partial charge in [0, 0.05) is 31.4 Å². The zero-order chi connectivity index (χ0) is 20.9. The van der Waals surface area contributed by atoms with Gasteiger partial charge in [0.05, 0.1) is 30.5 Å². The molecule has 158 valence electrons. The molecule has 11 heteroatoms. The maximum absolute atomic E-state index is 5.73. The maximum Gasteiger partial charge on any atom is 0.165 e. The van der Waals surface area contributed by atoms with E-state index in [0.717, 1.165) is 53.0 Å². The molecule has 31 heavy (non-hydrogen) atoms. The Hall–Kier alpha value is -3.18. The minimum atomic E-state index is 0.0804. The Bertz CT molecular complexity index is 1230. The van der Waals surface area contributed by atoms with Crippen molar-refractivity contribution in [2.75, 3.05) is 18.1 Å². The number of anilines is 1. The van der Waals surface area contributed by atoms with E-state index in [0.29, 0.717) is 12.4 Å². The molecule has 0 bridgehead atoms. The van der Waals surface area contributed by atoms with Crippen LogP contribution in [-0.4, -0.2) is 58.8 Å². The highest BCUT2D eigenvalue weighted by Gasteiger charge is 2.39. The number of hydrogen-bond donors (Lipinski definition) is 0. The highest BCUT2D eigenvalue weighted by molar-refractivity contribution is 7.13. The first-order chi connectivity index (χ1) is 15.2. The standard InChI is InChI=1S/C20H21N9OS/c1-3-14-19-25-23-11-28(19)15-8-22-17(24-18(15)29(14)12-4-6-30-10-12)13-9-27(2)26-16(13)20-21-5-7-31-20/h5,7-9,11-12,14H,3-4,6,10H2,1-2H3/t12-,14?/m1/s1. The van der Waals surface area contributed by atoms with E-state index >= 15 is 0 Å². The summed E-state index contributed by atoms with van der Waals surface area (Å²) in [5, 5.41) is 16.0. The molecule has 0 aliphatic carbocycles. The number of aromatic nitrogens is 8. The van der Waals surface area contributed by atoms with Crippen LogP contribution < -0.4 is 4.90 Å². The predicted octanol–water partition coefficient (Wildman–Crippen LogP) is 2.64. The Balaban J connectivity index is 1.54. The molecule has 6 heterocycles. The van der Waals surface area contributed by atoms with Crippen LogP contribution in [-0.2, 0) is 11.8 Å². The summed E-state index contributed by atoms with van der Waals surface area (Å²) in [6.07, 6.45) is 9.19. The van der Waals surface area contributed by atoms with Crippen molar-refractivity contribution in [3.63, 3.8) is 0 Å². The smallest absolute Gasteiger partial charge is 0.165 e. The summed E-state index contributed by atoms with van der Waals surface area (Å²) >= 11 is 1.55. The SMILES string of the molecule is CCC1c2nncn2-c2cnc(-c3cn(C)nc3-c3nccs3)nc2N1[C@@H]1CCOC1. The van der Waals surface area contributed by atoms with Gasteiger partial charge in [-0.2, -0.15) is 5.10 Å². The first kappa shape index (κ1) is 18.6. The molecule has 6 rings (SSSR count). The molecular formula is C20H21N9OS. The average molecular weight is 436 g/mol. The van der Waals surface area contributed by atoms with Gasteiger partial charge in [-0.3, -0.25) is 9.25 Å². The summed E-state index contributed by atoms with van der Waals surface area (Å²) in [4.78, 5) is 16.6. The van der Waals surface area contributed by atoms with Crippen LogP contribution in [0.5, 0.6) is 0 Å². The van der Waals surface area contributed by atoms with Gasteiger partial charge in [0.15, 0.2) is 17.5 Å². The zero-order valence-corrected chi connectivity index (χ0v) is 18.0. The van der Waals surface area contributed by atoms with Crippen molar-refractivity contribution in [3.05, 3.63) is 36.1 Å². The number of nitrogens with zero attached hydrogens (tertiary/aromatic N) is 9. The molecule has 0 N–H and O–H groups in total. The summed E-state index contributed by atoms with van der Waals surface area (Å²) in [5.74, 6) is 2.43. The van der Waals surface area contributed by atoms with E-state index in [9.17, 15) is 0 Å².